The first kappa shape index (κ1) is 21.3. The highest BCUT2D eigenvalue weighted by atomic mass is 32.1. The molecule has 1 saturated heterocycles. The second-order valence-corrected chi connectivity index (χ2v) is 6.84. The van der Waals surface area contributed by atoms with Crippen molar-refractivity contribution in [3.8, 4) is 10.6 Å². The Kier molecular flexibility index (Phi) is 6.61. The van der Waals surface area contributed by atoms with Gasteiger partial charge in [0.05, 0.1) is 9.75 Å². The fourth-order valence-corrected chi connectivity index (χ4v) is 3.54. The van der Waals surface area contributed by atoms with Crippen molar-refractivity contribution in [2.24, 2.45) is 0 Å². The molecule has 0 radical (unpaired) electrons. The van der Waals surface area contributed by atoms with Crippen molar-refractivity contribution in [1.29, 1.82) is 0 Å². The van der Waals surface area contributed by atoms with Crippen LogP contribution in [0.2, 0.25) is 0 Å². The Balaban J connectivity index is 0.00000126. The summed E-state index contributed by atoms with van der Waals surface area (Å²) in [6, 6.07) is 3.69. The first-order valence-corrected chi connectivity index (χ1v) is 9.42. The van der Waals surface area contributed by atoms with Crippen LogP contribution in [0.25, 0.3) is 10.6 Å². The van der Waals surface area contributed by atoms with Gasteiger partial charge in [0.1, 0.15) is 11.4 Å². The summed E-state index contributed by atoms with van der Waals surface area (Å²) in [6.45, 7) is 5.33. The predicted molar refractivity (Wildman–Crippen MR) is 93.0 cm³/mol. The second-order valence-electron chi connectivity index (χ2n) is 5.76. The molecule has 1 fully saturated rings. The van der Waals surface area contributed by atoms with E-state index in [1.165, 1.54) is 12.1 Å². The first-order chi connectivity index (χ1) is 12.7. The van der Waals surface area contributed by atoms with Crippen LogP contribution in [-0.2, 0) is 5.92 Å². The molecule has 3 heterocycles. The molecule has 1 aliphatic rings. The van der Waals surface area contributed by atoms with Crippen molar-refractivity contribution in [2.45, 2.75) is 45.2 Å². The normalized spacial score (nSPS) is 15.3. The zero-order valence-corrected chi connectivity index (χ0v) is 15.7. The predicted octanol–water partition coefficient (Wildman–Crippen LogP) is 5.44. The maximum Gasteiger partial charge on any atom is 0.459 e. The molecular weight excluding hydrogens is 389 g/mol. The number of thiophene rings is 1. The number of halogens is 5. The average molecular weight is 409 g/mol. The number of hydrogen-bond acceptors (Lipinski definition) is 3. The third-order valence-corrected chi connectivity index (χ3v) is 5.08. The summed E-state index contributed by atoms with van der Waals surface area (Å²) in [7, 11) is 0. The van der Waals surface area contributed by atoms with Gasteiger partial charge >= 0.3 is 12.1 Å². The molecule has 150 valence electrons. The van der Waals surface area contributed by atoms with Crippen LogP contribution in [0.3, 0.4) is 0 Å². The van der Waals surface area contributed by atoms with Gasteiger partial charge in [0.15, 0.2) is 0 Å². The molecule has 0 aliphatic carbocycles. The molecule has 1 aliphatic heterocycles. The minimum absolute atomic E-state index is 0.0541. The lowest BCUT2D eigenvalue weighted by Crippen LogP contribution is -2.35. The number of rotatable bonds is 3. The highest BCUT2D eigenvalue weighted by Gasteiger charge is 2.60. The van der Waals surface area contributed by atoms with Crippen LogP contribution in [0, 0.1) is 0 Å². The number of hydrogen-bond donors (Lipinski definition) is 1. The molecule has 1 N–H and O–H groups in total. The molecule has 1 amide bonds. The van der Waals surface area contributed by atoms with E-state index in [4.69, 9.17) is 0 Å². The maximum absolute atomic E-state index is 13.3. The van der Waals surface area contributed by atoms with E-state index in [2.05, 4.69) is 5.10 Å². The molecule has 0 spiro atoms. The summed E-state index contributed by atoms with van der Waals surface area (Å²) in [6.07, 6.45) is -2.77. The molecular formula is C17H20F5N3OS. The monoisotopic (exact) mass is 409 g/mol. The van der Waals surface area contributed by atoms with Crippen molar-refractivity contribution in [1.82, 2.24) is 15.1 Å². The number of carbonyl (C=O) groups excluding carboxylic acids is 1. The van der Waals surface area contributed by atoms with Gasteiger partial charge in [-0.05, 0) is 37.5 Å². The fraction of sp³-hybridized carbons (Fsp3) is 0.529. The lowest BCUT2D eigenvalue weighted by molar-refractivity contribution is -0.290. The highest BCUT2D eigenvalue weighted by molar-refractivity contribution is 7.17. The third kappa shape index (κ3) is 4.48. The molecule has 3 rings (SSSR count). The Hall–Kier alpha value is -1.97. The zero-order valence-electron chi connectivity index (χ0n) is 14.9. The quantitative estimate of drug-likeness (QED) is 0.686. The molecule has 2 aromatic heterocycles. The summed E-state index contributed by atoms with van der Waals surface area (Å²) in [5, 5.41) is 5.28. The number of piperidine rings is 1. The van der Waals surface area contributed by atoms with E-state index in [9.17, 15) is 26.7 Å². The van der Waals surface area contributed by atoms with Crippen LogP contribution < -0.4 is 0 Å². The summed E-state index contributed by atoms with van der Waals surface area (Å²) in [4.78, 5) is 14.8. The molecule has 2 aromatic rings. The van der Waals surface area contributed by atoms with Crippen molar-refractivity contribution in [3.63, 3.8) is 0 Å². The third-order valence-electron chi connectivity index (χ3n) is 3.98. The van der Waals surface area contributed by atoms with Crippen LogP contribution in [0.5, 0.6) is 0 Å². The molecule has 0 aromatic carbocycles. The molecule has 0 saturated carbocycles. The second kappa shape index (κ2) is 8.37. The average Bonchev–Trinajstić information content (AvgIpc) is 3.32. The van der Waals surface area contributed by atoms with Gasteiger partial charge in [0.25, 0.3) is 5.91 Å². The van der Waals surface area contributed by atoms with Gasteiger partial charge in [-0.1, -0.05) is 13.8 Å². The van der Waals surface area contributed by atoms with E-state index in [1.807, 2.05) is 13.8 Å². The summed E-state index contributed by atoms with van der Waals surface area (Å²) >= 11 is 1.02. The van der Waals surface area contributed by atoms with Gasteiger partial charge in [-0.25, -0.2) is 0 Å². The molecule has 0 atom stereocenters. The van der Waals surface area contributed by atoms with E-state index in [0.717, 1.165) is 30.6 Å². The number of alkyl halides is 5. The minimum Gasteiger partial charge on any atom is -0.338 e. The Bertz CT molecular complexity index is 763. The number of likely N-dealkylation sites (tertiary alicyclic amines) is 1. The van der Waals surface area contributed by atoms with E-state index in [1.54, 1.807) is 10.00 Å². The van der Waals surface area contributed by atoms with Gasteiger partial charge in [0.2, 0.25) is 0 Å². The molecule has 0 bridgehead atoms. The fourth-order valence-electron chi connectivity index (χ4n) is 2.60. The first-order valence-electron chi connectivity index (χ1n) is 8.60. The summed E-state index contributed by atoms with van der Waals surface area (Å²) in [5.74, 6) is -5.17. The van der Waals surface area contributed by atoms with Gasteiger partial charge in [-0.3, -0.25) is 9.89 Å². The Morgan fingerprint density at radius 2 is 1.74 bits per heavy atom. The Morgan fingerprint density at radius 3 is 2.33 bits per heavy atom. The minimum atomic E-state index is -5.71. The number of carbonyl (C=O) groups is 1. The number of aromatic nitrogens is 2. The smallest absolute Gasteiger partial charge is 0.338 e. The number of H-pyrrole nitrogens is 1. The van der Waals surface area contributed by atoms with Gasteiger partial charge in [0, 0.05) is 13.1 Å². The van der Waals surface area contributed by atoms with Crippen molar-refractivity contribution in [2.75, 3.05) is 13.1 Å². The lowest BCUT2D eigenvalue weighted by Gasteiger charge is -2.26. The van der Waals surface area contributed by atoms with E-state index >= 15 is 0 Å². The molecule has 0 unspecified atom stereocenters. The highest BCUT2D eigenvalue weighted by Crippen LogP contribution is 2.44. The summed E-state index contributed by atoms with van der Waals surface area (Å²) in [5.41, 5.74) is -1.38. The van der Waals surface area contributed by atoms with E-state index in [-0.39, 0.29) is 11.6 Å². The molecule has 4 nitrogen and oxygen atoms in total. The van der Waals surface area contributed by atoms with E-state index < -0.39 is 17.8 Å². The summed E-state index contributed by atoms with van der Waals surface area (Å²) < 4.78 is 63.8. The van der Waals surface area contributed by atoms with Crippen LogP contribution in [0.4, 0.5) is 22.0 Å². The van der Waals surface area contributed by atoms with Crippen molar-refractivity contribution >= 4 is 17.2 Å². The molecule has 10 heteroatoms. The van der Waals surface area contributed by atoms with Crippen LogP contribution in [-0.4, -0.2) is 40.3 Å². The number of nitrogens with one attached hydrogen (secondary N) is 1. The van der Waals surface area contributed by atoms with Crippen LogP contribution in [0.1, 0.15) is 48.5 Å². The largest absolute Gasteiger partial charge is 0.459 e. The SMILES string of the molecule is CC.O=C(c1ccc(-c2cc(C(F)(F)C(F)(F)F)[nH]n2)s1)N1CCCCC1. The van der Waals surface area contributed by atoms with Gasteiger partial charge in [-0.2, -0.15) is 27.1 Å². The zero-order chi connectivity index (χ0) is 20.2. The van der Waals surface area contributed by atoms with Crippen LogP contribution in [0.15, 0.2) is 18.2 Å². The Labute approximate surface area is 157 Å². The van der Waals surface area contributed by atoms with Crippen molar-refractivity contribution in [3.05, 3.63) is 28.8 Å². The molecule has 27 heavy (non-hydrogen) atoms. The number of aromatic amines is 1. The van der Waals surface area contributed by atoms with Crippen LogP contribution >= 0.6 is 11.3 Å². The van der Waals surface area contributed by atoms with Gasteiger partial charge in [-0.15, -0.1) is 11.3 Å². The standard InChI is InChI=1S/C15H14F5N3OS.C2H6/c16-14(17,15(18,19)20)12-8-9(21-22-12)10-4-5-11(25-10)13(24)23-6-2-1-3-7-23;1-2/h4-5,8H,1-3,6-7H2,(H,21,22);1-2H3. The Morgan fingerprint density at radius 1 is 1.11 bits per heavy atom. The topological polar surface area (TPSA) is 49.0 Å². The number of nitrogens with zero attached hydrogens (tertiary/aromatic N) is 2. The number of amides is 1. The van der Waals surface area contributed by atoms with Crippen molar-refractivity contribution < 1.29 is 26.7 Å². The maximum atomic E-state index is 13.3. The van der Waals surface area contributed by atoms with E-state index in [0.29, 0.717) is 28.9 Å². The lowest BCUT2D eigenvalue weighted by atomic mass is 10.1. The van der Waals surface area contributed by atoms with Gasteiger partial charge < -0.3 is 4.90 Å².